The fraction of sp³-hybridized carbons (Fsp3) is 0.174. The zero-order valence-corrected chi connectivity index (χ0v) is 19.3. The zero-order valence-electron chi connectivity index (χ0n) is 18.5. The van der Waals surface area contributed by atoms with Crippen molar-refractivity contribution < 1.29 is 23.4 Å². The van der Waals surface area contributed by atoms with Crippen LogP contribution in [0.1, 0.15) is 11.3 Å². The van der Waals surface area contributed by atoms with Crippen LogP contribution in [0.2, 0.25) is 0 Å². The third kappa shape index (κ3) is 4.75. The molecule has 0 fully saturated rings. The fourth-order valence-electron chi connectivity index (χ4n) is 3.17. The number of carbonyl (C=O) groups is 1. The number of ether oxygens (including phenoxy) is 3. The van der Waals surface area contributed by atoms with Gasteiger partial charge in [-0.25, -0.2) is 4.98 Å². The molecule has 0 spiro atoms. The van der Waals surface area contributed by atoms with Crippen LogP contribution in [0.25, 0.3) is 22.7 Å². The van der Waals surface area contributed by atoms with E-state index in [1.54, 1.807) is 41.3 Å². The molecule has 4 rings (SSSR count). The van der Waals surface area contributed by atoms with Crippen LogP contribution >= 0.6 is 11.3 Å². The average molecular weight is 467 g/mol. The van der Waals surface area contributed by atoms with E-state index in [9.17, 15) is 4.79 Å². The number of aryl methyl sites for hydroxylation is 1. The van der Waals surface area contributed by atoms with Crippen molar-refractivity contribution in [2.75, 3.05) is 26.6 Å². The molecule has 10 heteroatoms. The lowest BCUT2D eigenvalue weighted by Gasteiger charge is -2.12. The summed E-state index contributed by atoms with van der Waals surface area (Å²) in [4.78, 5) is 17.2. The molecule has 0 unspecified atom stereocenters. The molecule has 3 aromatic heterocycles. The van der Waals surface area contributed by atoms with Gasteiger partial charge < -0.3 is 23.9 Å². The van der Waals surface area contributed by atoms with E-state index in [2.05, 4.69) is 15.4 Å². The van der Waals surface area contributed by atoms with Crippen LogP contribution in [0.4, 0.5) is 5.82 Å². The van der Waals surface area contributed by atoms with E-state index in [-0.39, 0.29) is 5.91 Å². The van der Waals surface area contributed by atoms with Gasteiger partial charge in [0.1, 0.15) is 11.5 Å². The number of anilines is 1. The summed E-state index contributed by atoms with van der Waals surface area (Å²) >= 11 is 1.40. The monoisotopic (exact) mass is 466 g/mol. The number of methoxy groups -OCH3 is 3. The highest BCUT2D eigenvalue weighted by molar-refractivity contribution is 7.12. The maximum absolute atomic E-state index is 12.6. The molecule has 0 aliphatic carbocycles. The van der Waals surface area contributed by atoms with Gasteiger partial charge in [-0.2, -0.15) is 9.78 Å². The third-order valence-corrected chi connectivity index (χ3v) is 5.46. The van der Waals surface area contributed by atoms with E-state index in [0.717, 1.165) is 5.69 Å². The number of amides is 1. The third-order valence-electron chi connectivity index (χ3n) is 4.64. The van der Waals surface area contributed by atoms with Crippen LogP contribution in [-0.4, -0.2) is 42.0 Å². The summed E-state index contributed by atoms with van der Waals surface area (Å²) in [5, 5.41) is 9.80. The molecule has 33 heavy (non-hydrogen) atoms. The Morgan fingerprint density at radius 2 is 1.91 bits per heavy atom. The standard InChI is InChI=1S/C23H22N4O5S/c1-14-10-20(27(26-14)23-24-16(13-33-23)17-6-5-9-32-17)25-21(28)8-7-15-11-18(29-2)22(31-4)19(12-15)30-3/h5-13H,1-4H3,(H,25,28)/b8-7+. The molecule has 0 saturated carbocycles. The quantitative estimate of drug-likeness (QED) is 0.380. The van der Waals surface area contributed by atoms with Gasteiger partial charge in [0.05, 0.1) is 33.3 Å². The Hall–Kier alpha value is -4.05. The summed E-state index contributed by atoms with van der Waals surface area (Å²) in [7, 11) is 4.61. The lowest BCUT2D eigenvalue weighted by molar-refractivity contribution is -0.111. The Kier molecular flexibility index (Phi) is 6.45. The van der Waals surface area contributed by atoms with Crippen LogP contribution in [0.15, 0.2) is 52.5 Å². The van der Waals surface area contributed by atoms with E-state index < -0.39 is 0 Å². The molecule has 0 aliphatic heterocycles. The minimum Gasteiger partial charge on any atom is -0.493 e. The summed E-state index contributed by atoms with van der Waals surface area (Å²) in [5.74, 6) is 2.34. The minimum atomic E-state index is -0.326. The van der Waals surface area contributed by atoms with E-state index in [4.69, 9.17) is 18.6 Å². The molecule has 0 atom stereocenters. The maximum Gasteiger partial charge on any atom is 0.249 e. The van der Waals surface area contributed by atoms with Crippen molar-refractivity contribution in [1.82, 2.24) is 14.8 Å². The summed E-state index contributed by atoms with van der Waals surface area (Å²) in [6.45, 7) is 1.85. The molecule has 1 amide bonds. The number of furan rings is 1. The normalized spacial score (nSPS) is 11.0. The molecule has 0 radical (unpaired) electrons. The lowest BCUT2D eigenvalue weighted by Crippen LogP contribution is -2.12. The van der Waals surface area contributed by atoms with Gasteiger partial charge in [-0.05, 0) is 42.8 Å². The summed E-state index contributed by atoms with van der Waals surface area (Å²) in [6, 6.07) is 8.93. The van der Waals surface area contributed by atoms with Crippen LogP contribution < -0.4 is 19.5 Å². The van der Waals surface area contributed by atoms with Gasteiger partial charge in [0.2, 0.25) is 16.8 Å². The van der Waals surface area contributed by atoms with Gasteiger partial charge in [-0.1, -0.05) is 0 Å². The van der Waals surface area contributed by atoms with Crippen molar-refractivity contribution >= 4 is 29.1 Å². The smallest absolute Gasteiger partial charge is 0.249 e. The molecule has 1 aromatic carbocycles. The molecule has 3 heterocycles. The molecule has 170 valence electrons. The highest BCUT2D eigenvalue weighted by Gasteiger charge is 2.15. The van der Waals surface area contributed by atoms with Gasteiger partial charge in [0.25, 0.3) is 0 Å². The first-order valence-corrected chi connectivity index (χ1v) is 10.8. The van der Waals surface area contributed by atoms with Gasteiger partial charge in [0, 0.05) is 17.5 Å². The SMILES string of the molecule is COc1cc(/C=C/C(=O)Nc2cc(C)nn2-c2nc(-c3ccco3)cs2)cc(OC)c1OC. The number of hydrogen-bond donors (Lipinski definition) is 1. The van der Waals surface area contributed by atoms with Crippen molar-refractivity contribution in [3.63, 3.8) is 0 Å². The number of thiazole rings is 1. The molecule has 0 saturated heterocycles. The average Bonchev–Trinajstić information content (AvgIpc) is 3.57. The predicted molar refractivity (Wildman–Crippen MR) is 125 cm³/mol. The highest BCUT2D eigenvalue weighted by atomic mass is 32.1. The highest BCUT2D eigenvalue weighted by Crippen LogP contribution is 2.38. The van der Waals surface area contributed by atoms with E-state index in [1.165, 1.54) is 38.7 Å². The van der Waals surface area contributed by atoms with Crippen molar-refractivity contribution in [2.45, 2.75) is 6.92 Å². The Morgan fingerprint density at radius 1 is 1.15 bits per heavy atom. The first kappa shape index (κ1) is 22.2. The van der Waals surface area contributed by atoms with Crippen LogP contribution in [0, 0.1) is 6.92 Å². The fourth-order valence-corrected chi connectivity index (χ4v) is 3.95. The topological polar surface area (TPSA) is 101 Å². The molecular formula is C23H22N4O5S. The molecule has 9 nitrogen and oxygen atoms in total. The summed E-state index contributed by atoms with van der Waals surface area (Å²) < 4.78 is 23.0. The molecular weight excluding hydrogens is 444 g/mol. The molecule has 0 aliphatic rings. The number of hydrogen-bond acceptors (Lipinski definition) is 8. The van der Waals surface area contributed by atoms with E-state index >= 15 is 0 Å². The van der Waals surface area contributed by atoms with Crippen molar-refractivity contribution in [3.8, 4) is 33.8 Å². The first-order valence-electron chi connectivity index (χ1n) is 9.88. The molecule has 0 bridgehead atoms. The summed E-state index contributed by atoms with van der Waals surface area (Å²) in [6.07, 6.45) is 4.67. The van der Waals surface area contributed by atoms with Crippen LogP contribution in [0.5, 0.6) is 17.2 Å². The Balaban J connectivity index is 1.54. The number of benzene rings is 1. The second-order valence-electron chi connectivity index (χ2n) is 6.86. The van der Waals surface area contributed by atoms with Crippen molar-refractivity contribution in [2.24, 2.45) is 0 Å². The first-order chi connectivity index (χ1) is 16.0. The maximum atomic E-state index is 12.6. The minimum absolute atomic E-state index is 0.326. The Bertz CT molecular complexity index is 1270. The van der Waals surface area contributed by atoms with Gasteiger partial charge in [-0.3, -0.25) is 4.79 Å². The Labute approximate surface area is 194 Å². The van der Waals surface area contributed by atoms with Gasteiger partial charge >= 0.3 is 0 Å². The van der Waals surface area contributed by atoms with Gasteiger partial charge in [-0.15, -0.1) is 11.3 Å². The molecule has 4 aromatic rings. The predicted octanol–water partition coefficient (Wildman–Crippen LogP) is 4.57. The number of carbonyl (C=O) groups excluding carboxylic acids is 1. The largest absolute Gasteiger partial charge is 0.493 e. The second-order valence-corrected chi connectivity index (χ2v) is 7.69. The van der Waals surface area contributed by atoms with E-state index in [0.29, 0.717) is 45.2 Å². The summed E-state index contributed by atoms with van der Waals surface area (Å²) in [5.41, 5.74) is 2.16. The molecule has 1 N–H and O–H groups in total. The number of rotatable bonds is 8. The van der Waals surface area contributed by atoms with Crippen LogP contribution in [0.3, 0.4) is 0 Å². The lowest BCUT2D eigenvalue weighted by atomic mass is 10.1. The zero-order chi connectivity index (χ0) is 23.4. The van der Waals surface area contributed by atoms with E-state index in [1.807, 2.05) is 18.4 Å². The Morgan fingerprint density at radius 3 is 2.55 bits per heavy atom. The van der Waals surface area contributed by atoms with Crippen molar-refractivity contribution in [1.29, 1.82) is 0 Å². The van der Waals surface area contributed by atoms with Crippen LogP contribution in [-0.2, 0) is 4.79 Å². The number of nitrogens with zero attached hydrogens (tertiary/aromatic N) is 3. The number of aromatic nitrogens is 3. The van der Waals surface area contributed by atoms with Gasteiger partial charge in [0.15, 0.2) is 17.3 Å². The number of nitrogens with one attached hydrogen (secondary N) is 1. The second kappa shape index (κ2) is 9.61. The van der Waals surface area contributed by atoms with Crippen molar-refractivity contribution in [3.05, 3.63) is 59.3 Å².